The van der Waals surface area contributed by atoms with Crippen LogP contribution in [0.5, 0.6) is 0 Å². The third-order valence-corrected chi connectivity index (χ3v) is 14.7. The van der Waals surface area contributed by atoms with Crippen LogP contribution in [0.4, 0.5) is 0 Å². The van der Waals surface area contributed by atoms with E-state index in [2.05, 4.69) is 93.7 Å². The maximum absolute atomic E-state index is 12.9. The molecule has 0 saturated carbocycles. The molecule has 0 amide bonds. The van der Waals surface area contributed by atoms with Crippen LogP contribution in [0, 0.1) is 0 Å². The minimum atomic E-state index is -0.787. The summed E-state index contributed by atoms with van der Waals surface area (Å²) in [5.41, 5.74) is 0. The number of allylic oxidation sites excluding steroid dienone is 12. The standard InChI is InChI=1S/C71H126O6/c1-4-7-10-13-16-19-22-25-28-31-33-34-35-36-38-40-43-46-49-52-55-58-61-64-70(73)76-67-68(66-75-69(72)63-60-57-54-51-48-45-42-39-30-27-24-21-18-15-12-9-6-3)77-71(74)65-62-59-56-53-50-47-44-41-37-32-29-26-23-20-17-14-11-8-5-2/h17,20,22,25-27,29-31,33,37,41,68H,4-16,18-19,21,23-24,28,32,34-36,38-40,42-67H2,1-3H3/b20-17-,25-22-,29-26-,30-27-,33-31-,41-37-. The third kappa shape index (κ3) is 63.6. The number of hydrogen-bond donors (Lipinski definition) is 0. The average Bonchev–Trinajstić information content (AvgIpc) is 3.43. The van der Waals surface area contributed by atoms with Crippen molar-refractivity contribution in [3.63, 3.8) is 0 Å². The highest BCUT2D eigenvalue weighted by Crippen LogP contribution is 2.16. The number of hydrogen-bond acceptors (Lipinski definition) is 6. The molecule has 0 bridgehead atoms. The normalized spacial score (nSPS) is 12.5. The van der Waals surface area contributed by atoms with Gasteiger partial charge in [-0.1, -0.05) is 280 Å². The second-order valence-electron chi connectivity index (χ2n) is 22.4. The van der Waals surface area contributed by atoms with Gasteiger partial charge in [-0.05, 0) is 116 Å². The van der Waals surface area contributed by atoms with Gasteiger partial charge in [0, 0.05) is 19.3 Å². The lowest BCUT2D eigenvalue weighted by Gasteiger charge is -2.18. The zero-order valence-corrected chi connectivity index (χ0v) is 51.2. The van der Waals surface area contributed by atoms with Crippen LogP contribution in [0.2, 0.25) is 0 Å². The van der Waals surface area contributed by atoms with E-state index in [0.717, 1.165) is 89.9 Å². The fourth-order valence-electron chi connectivity index (χ4n) is 9.59. The first kappa shape index (κ1) is 73.8. The van der Waals surface area contributed by atoms with Crippen molar-refractivity contribution in [2.24, 2.45) is 0 Å². The summed E-state index contributed by atoms with van der Waals surface area (Å²) in [6, 6.07) is 0. The molecule has 0 radical (unpaired) electrons. The molecule has 1 atom stereocenters. The Morgan fingerprint density at radius 2 is 0.468 bits per heavy atom. The summed E-state index contributed by atoms with van der Waals surface area (Å²) >= 11 is 0. The van der Waals surface area contributed by atoms with Gasteiger partial charge >= 0.3 is 17.9 Å². The van der Waals surface area contributed by atoms with Crippen LogP contribution < -0.4 is 0 Å². The molecule has 6 nitrogen and oxygen atoms in total. The maximum atomic E-state index is 12.9. The summed E-state index contributed by atoms with van der Waals surface area (Å²) in [5, 5.41) is 0. The zero-order chi connectivity index (χ0) is 55.7. The molecule has 0 fully saturated rings. The van der Waals surface area contributed by atoms with Gasteiger partial charge < -0.3 is 14.2 Å². The van der Waals surface area contributed by atoms with E-state index >= 15 is 0 Å². The highest BCUT2D eigenvalue weighted by molar-refractivity contribution is 5.71. The fraction of sp³-hybridized carbons (Fsp3) is 0.789. The van der Waals surface area contributed by atoms with Gasteiger partial charge in [0.15, 0.2) is 6.10 Å². The van der Waals surface area contributed by atoms with Gasteiger partial charge in [0.05, 0.1) is 0 Å². The molecule has 0 spiro atoms. The summed E-state index contributed by atoms with van der Waals surface area (Å²) in [6.45, 7) is 6.63. The van der Waals surface area contributed by atoms with E-state index in [1.807, 2.05) is 0 Å². The van der Waals surface area contributed by atoms with Crippen LogP contribution >= 0.6 is 0 Å². The minimum Gasteiger partial charge on any atom is -0.462 e. The molecule has 0 N–H and O–H groups in total. The SMILES string of the molecule is CCCCC/C=C\C/C=C\C/C=C\CCCCCCCCC(=O)OC(COC(=O)CCCCCCCCC/C=C\CCCCCCCC)COC(=O)CCCCCCCCCCCCC/C=C\C/C=C\CCCCCCC. The van der Waals surface area contributed by atoms with Gasteiger partial charge in [-0.2, -0.15) is 0 Å². The molecule has 446 valence electrons. The number of rotatable bonds is 61. The Bertz CT molecular complexity index is 1420. The van der Waals surface area contributed by atoms with Crippen molar-refractivity contribution in [1.82, 2.24) is 0 Å². The van der Waals surface area contributed by atoms with Crippen LogP contribution in [0.1, 0.15) is 342 Å². The first-order valence-corrected chi connectivity index (χ1v) is 33.4. The highest BCUT2D eigenvalue weighted by atomic mass is 16.6. The predicted octanol–water partition coefficient (Wildman–Crippen LogP) is 22.9. The Hall–Kier alpha value is -3.15. The monoisotopic (exact) mass is 1070 g/mol. The number of carbonyl (C=O) groups excluding carboxylic acids is 3. The van der Waals surface area contributed by atoms with E-state index in [1.54, 1.807) is 0 Å². The van der Waals surface area contributed by atoms with E-state index in [4.69, 9.17) is 14.2 Å². The van der Waals surface area contributed by atoms with Gasteiger partial charge in [0.1, 0.15) is 13.2 Å². The van der Waals surface area contributed by atoms with Crippen LogP contribution in [0.3, 0.4) is 0 Å². The largest absolute Gasteiger partial charge is 0.462 e. The van der Waals surface area contributed by atoms with Crippen molar-refractivity contribution in [3.8, 4) is 0 Å². The summed E-state index contributed by atoms with van der Waals surface area (Å²) < 4.78 is 17.0. The average molecular weight is 1080 g/mol. The molecule has 0 saturated heterocycles. The minimum absolute atomic E-state index is 0.0817. The Kier molecular flexibility index (Phi) is 62.7. The van der Waals surface area contributed by atoms with Crippen LogP contribution in [-0.4, -0.2) is 37.2 Å². The van der Waals surface area contributed by atoms with Crippen molar-refractivity contribution in [3.05, 3.63) is 72.9 Å². The summed E-state index contributed by atoms with van der Waals surface area (Å²) in [7, 11) is 0. The topological polar surface area (TPSA) is 78.9 Å². The second-order valence-corrected chi connectivity index (χ2v) is 22.4. The molecule has 0 aliphatic rings. The predicted molar refractivity (Wildman–Crippen MR) is 335 cm³/mol. The number of carbonyl (C=O) groups is 3. The lowest BCUT2D eigenvalue weighted by atomic mass is 10.0. The number of ether oxygens (including phenoxy) is 3. The van der Waals surface area contributed by atoms with Gasteiger partial charge in [-0.25, -0.2) is 0 Å². The Labute approximate surface area is 478 Å². The Balaban J connectivity index is 4.37. The molecule has 0 aliphatic carbocycles. The quantitative estimate of drug-likeness (QED) is 0.0261. The van der Waals surface area contributed by atoms with Crippen LogP contribution in [0.25, 0.3) is 0 Å². The van der Waals surface area contributed by atoms with Crippen molar-refractivity contribution in [2.45, 2.75) is 348 Å². The fourth-order valence-corrected chi connectivity index (χ4v) is 9.59. The molecule has 0 aliphatic heterocycles. The lowest BCUT2D eigenvalue weighted by molar-refractivity contribution is -0.167. The maximum Gasteiger partial charge on any atom is 0.306 e. The van der Waals surface area contributed by atoms with Gasteiger partial charge in [-0.3, -0.25) is 14.4 Å². The van der Waals surface area contributed by atoms with Gasteiger partial charge in [-0.15, -0.1) is 0 Å². The van der Waals surface area contributed by atoms with E-state index in [9.17, 15) is 14.4 Å². The summed E-state index contributed by atoms with van der Waals surface area (Å²) in [5.74, 6) is -0.884. The Morgan fingerprint density at radius 3 is 0.766 bits per heavy atom. The Morgan fingerprint density at radius 1 is 0.260 bits per heavy atom. The van der Waals surface area contributed by atoms with E-state index < -0.39 is 6.10 Å². The van der Waals surface area contributed by atoms with E-state index in [-0.39, 0.29) is 31.1 Å². The van der Waals surface area contributed by atoms with Crippen LogP contribution in [-0.2, 0) is 28.6 Å². The molecular formula is C71H126O6. The zero-order valence-electron chi connectivity index (χ0n) is 51.2. The number of esters is 3. The molecule has 0 aromatic heterocycles. The first-order valence-electron chi connectivity index (χ1n) is 33.4. The van der Waals surface area contributed by atoms with E-state index in [0.29, 0.717) is 19.3 Å². The smallest absolute Gasteiger partial charge is 0.306 e. The molecule has 0 heterocycles. The third-order valence-electron chi connectivity index (χ3n) is 14.7. The summed E-state index contributed by atoms with van der Waals surface area (Å²) in [6.07, 6.45) is 84.7. The van der Waals surface area contributed by atoms with Crippen molar-refractivity contribution >= 4 is 17.9 Å². The molecule has 6 heteroatoms. The lowest BCUT2D eigenvalue weighted by Crippen LogP contribution is -2.30. The summed E-state index contributed by atoms with van der Waals surface area (Å²) in [4.78, 5) is 38.4. The van der Waals surface area contributed by atoms with Crippen molar-refractivity contribution < 1.29 is 28.6 Å². The molecule has 77 heavy (non-hydrogen) atoms. The van der Waals surface area contributed by atoms with Gasteiger partial charge in [0.25, 0.3) is 0 Å². The van der Waals surface area contributed by atoms with E-state index in [1.165, 1.54) is 212 Å². The second kappa shape index (κ2) is 65.4. The number of unbranched alkanes of at least 4 members (excludes halogenated alkanes) is 38. The first-order chi connectivity index (χ1) is 38.0. The molecule has 0 aromatic rings. The highest BCUT2D eigenvalue weighted by Gasteiger charge is 2.19. The molecule has 0 rings (SSSR count). The van der Waals surface area contributed by atoms with Crippen LogP contribution in [0.15, 0.2) is 72.9 Å². The van der Waals surface area contributed by atoms with Gasteiger partial charge in [0.2, 0.25) is 0 Å². The molecule has 1 unspecified atom stereocenters. The van der Waals surface area contributed by atoms with Crippen molar-refractivity contribution in [2.75, 3.05) is 13.2 Å². The van der Waals surface area contributed by atoms with Crippen molar-refractivity contribution in [1.29, 1.82) is 0 Å². The molecular weight excluding hydrogens is 949 g/mol. The molecule has 0 aromatic carbocycles.